The van der Waals surface area contributed by atoms with Gasteiger partial charge in [-0.1, -0.05) is 94.9 Å². The largest absolute Gasteiger partial charge is 0.500 e. The highest BCUT2D eigenvalue weighted by Crippen LogP contribution is 2.48. The van der Waals surface area contributed by atoms with Crippen LogP contribution in [0.25, 0.3) is 0 Å². The van der Waals surface area contributed by atoms with Crippen LogP contribution < -0.4 is 32.7 Å². The molecule has 0 aliphatic heterocycles. The number of nitrogens with two attached hydrogens (primary N) is 2. The molecule has 0 heterocycles. The van der Waals surface area contributed by atoms with Gasteiger partial charge in [0.05, 0.1) is 42.2 Å². The summed E-state index contributed by atoms with van der Waals surface area (Å²) in [7, 11) is 12.3. The molecule has 0 aromatic rings. The number of hydrogen-bond acceptors (Lipinski definition) is 27. The molecule has 37 heteroatoms. The number of carbonyl (C=O) groups excluding carboxylic acids is 5. The molecule has 828 valence electrons. The van der Waals surface area contributed by atoms with E-state index in [2.05, 4.69) is 140 Å². The Hall–Kier alpha value is -7.19. The Morgan fingerprint density at radius 3 is 0.618 bits per heavy atom. The molecule has 0 atom stereocenters. The number of hydrogen-bond donors (Lipinski definition) is 6. The van der Waals surface area contributed by atoms with Crippen LogP contribution in [-0.2, 0) is 95.1 Å². The Balaban J connectivity index is -0.000000284. The normalized spacial score (nSPS) is 11.5. The van der Waals surface area contributed by atoms with E-state index < -0.39 is 55.6 Å². The molecule has 0 radical (unpaired) electrons. The maximum atomic E-state index is 12.5. The third kappa shape index (κ3) is 69.2. The van der Waals surface area contributed by atoms with Gasteiger partial charge in [-0.2, -0.15) is 21.0 Å². The lowest BCUT2D eigenvalue weighted by atomic mass is 9.68. The Morgan fingerprint density at radius 2 is 0.479 bits per heavy atom. The molecular weight excluding hydrogens is 1980 g/mol. The van der Waals surface area contributed by atoms with Crippen molar-refractivity contribution in [2.45, 2.75) is 264 Å². The van der Waals surface area contributed by atoms with E-state index in [0.29, 0.717) is 115 Å². The first-order chi connectivity index (χ1) is 68.5. The summed E-state index contributed by atoms with van der Waals surface area (Å²) in [5.41, 5.74) is 10.2. The van der Waals surface area contributed by atoms with E-state index in [4.69, 9.17) is 88.4 Å². The summed E-state index contributed by atoms with van der Waals surface area (Å²) in [6.45, 7) is 60.3. The second-order valence-electron chi connectivity index (χ2n) is 36.0. The molecule has 0 aromatic heterocycles. The van der Waals surface area contributed by atoms with Crippen LogP contribution in [0.2, 0.25) is 24.2 Å². The zero-order chi connectivity index (χ0) is 112. The second kappa shape index (κ2) is 93.1. The van der Waals surface area contributed by atoms with Gasteiger partial charge in [-0.15, -0.1) is 85.5 Å². The molecule has 0 aliphatic carbocycles. The summed E-state index contributed by atoms with van der Waals surface area (Å²) < 4.78 is 87.6. The van der Waals surface area contributed by atoms with Crippen molar-refractivity contribution >= 4 is 90.3 Å². The van der Waals surface area contributed by atoms with Gasteiger partial charge in [-0.25, -0.2) is 0 Å². The third-order valence-corrected chi connectivity index (χ3v) is 38.8. The van der Waals surface area contributed by atoms with Crippen LogP contribution in [0.3, 0.4) is 0 Å². The minimum atomic E-state index is -2.87. The Morgan fingerprint density at radius 1 is 0.299 bits per heavy atom. The molecule has 0 fully saturated rings. The number of esters is 1. The molecule has 0 bridgehead atoms. The summed E-state index contributed by atoms with van der Waals surface area (Å²) in [4.78, 5) is 57.5. The van der Waals surface area contributed by atoms with Gasteiger partial charge in [0.15, 0.2) is 0 Å². The fourth-order valence-electron chi connectivity index (χ4n) is 16.8. The van der Waals surface area contributed by atoms with Gasteiger partial charge < -0.3 is 104 Å². The van der Waals surface area contributed by atoms with Crippen molar-refractivity contribution in [2.24, 2.45) is 54.8 Å². The predicted octanol–water partition coefficient (Wildman–Crippen LogP) is 21.0. The highest BCUT2D eigenvalue weighted by molar-refractivity contribution is 9.09. The second-order valence-corrected chi connectivity index (χ2v) is 51.0. The quantitative estimate of drug-likeness (QED) is 0.0108. The molecule has 0 rings (SSSR count). The number of amides is 4. The van der Waals surface area contributed by atoms with Gasteiger partial charge in [0.25, 0.3) is 0 Å². The Bertz CT molecular complexity index is 3310. The van der Waals surface area contributed by atoms with Gasteiger partial charge in [-0.3, -0.25) is 24.0 Å². The molecule has 0 unspecified atom stereocenters. The van der Waals surface area contributed by atoms with Crippen molar-refractivity contribution in [1.82, 2.24) is 21.3 Å². The van der Waals surface area contributed by atoms with Crippen LogP contribution in [0, 0.1) is 88.6 Å². The van der Waals surface area contributed by atoms with E-state index in [1.54, 1.807) is 151 Å². The summed E-state index contributed by atoms with van der Waals surface area (Å²) in [5.74, 6) is -0.529. The number of carbonyl (C=O) groups is 5. The first kappa shape index (κ1) is 152. The third-order valence-electron chi connectivity index (χ3n) is 25.9. The number of halogens is 1. The van der Waals surface area contributed by atoms with Crippen LogP contribution in [0.15, 0.2) is 165 Å². The van der Waals surface area contributed by atoms with Crippen LogP contribution >= 0.6 is 15.9 Å². The number of allylic oxidation sites excluding steroid dienone is 13. The van der Waals surface area contributed by atoms with Gasteiger partial charge in [0.1, 0.15) is 0 Å². The fraction of sp³-hybridized carbons (Fsp3) is 0.673. The van der Waals surface area contributed by atoms with Crippen molar-refractivity contribution in [3.8, 4) is 24.3 Å². The van der Waals surface area contributed by atoms with Crippen LogP contribution in [-0.4, -0.2) is 233 Å². The molecule has 0 saturated heterocycles. The first-order valence-corrected chi connectivity index (χ1v) is 59.4. The van der Waals surface area contributed by atoms with Crippen molar-refractivity contribution in [1.29, 1.82) is 21.0 Å². The Labute approximate surface area is 888 Å². The minimum absolute atomic E-state index is 0.0378. The lowest BCUT2D eigenvalue weighted by Gasteiger charge is -2.42. The number of unbranched alkanes of at least 4 members (excludes halogenated alkanes) is 3. The summed E-state index contributed by atoms with van der Waals surface area (Å²) in [6, 6.07) is 11.3. The average Bonchev–Trinajstić information content (AvgIpc) is 0.788. The van der Waals surface area contributed by atoms with Gasteiger partial charge in [-0.05, 0) is 238 Å². The number of rotatable bonds is 81. The smallest absolute Gasteiger partial charge is 0.469 e. The van der Waals surface area contributed by atoms with Crippen molar-refractivity contribution in [2.75, 3.05) is 158 Å². The molecule has 31 nitrogen and oxygen atoms in total. The van der Waals surface area contributed by atoms with E-state index in [1.807, 2.05) is 60.7 Å². The summed E-state index contributed by atoms with van der Waals surface area (Å²) >= 11 is 3.13. The molecule has 0 aliphatic rings. The zero-order valence-electron chi connectivity index (χ0n) is 93.1. The monoisotopic (exact) mass is 2180 g/mol. The number of nitrogens with one attached hydrogen (secondary N) is 4. The summed E-state index contributed by atoms with van der Waals surface area (Å²) in [6.07, 6.45) is 49.1. The van der Waals surface area contributed by atoms with Gasteiger partial charge >= 0.3 is 50.7 Å². The van der Waals surface area contributed by atoms with Crippen molar-refractivity contribution in [3.05, 3.63) is 165 Å². The van der Waals surface area contributed by atoms with Crippen molar-refractivity contribution in [3.63, 3.8) is 0 Å². The van der Waals surface area contributed by atoms with E-state index in [-0.39, 0.29) is 62.1 Å². The van der Waals surface area contributed by atoms with E-state index in [1.165, 1.54) is 27.9 Å². The van der Waals surface area contributed by atoms with Crippen LogP contribution in [0.4, 0.5) is 0 Å². The Kier molecular flexibility index (Phi) is 98.3. The van der Waals surface area contributed by atoms with Crippen LogP contribution in [0.5, 0.6) is 0 Å². The lowest BCUT2D eigenvalue weighted by molar-refractivity contribution is -0.138. The average molecular weight is 2180 g/mol. The number of alkyl halides is 1. The maximum absolute atomic E-state index is 12.5. The summed E-state index contributed by atoms with van der Waals surface area (Å²) in [5, 5.41) is 48.2. The SMILES string of the molecule is C=CCBr.C=CCC(C#N)(CC=C)CCC(C#N)(CC=C)CC=C.C=CCC(CC=C)(CCC(CC=C)(CC=C)CNC(C)=O)CNC(C)=O.C=CCC(CN)(CC=C)CCC(CN)(CC=C)CC=C.COC(C)=O.CO[SiH](OC)OC.CO[Si](CCCC(CCC[Si](OC)(OC)OC)(CCC(CCC[Si](OC)(OC)OC)(CCC[Si](OC)(OC)OC)CNC(C)=O)CNC(C)=O)(OC)OC.N#CCCCCC#N. The first-order valence-electron chi connectivity index (χ1n) is 49.1. The number of nitrogens with zero attached hydrogens (tertiary/aromatic N) is 4. The van der Waals surface area contributed by atoms with Gasteiger partial charge in [0, 0.05) is 210 Å². The van der Waals surface area contributed by atoms with E-state index in [0.717, 1.165) is 159 Å². The number of nitriles is 4. The number of methoxy groups -OCH3 is 1. The topological polar surface area (TPSA) is 428 Å². The molecule has 0 spiro atoms. The highest BCUT2D eigenvalue weighted by Gasteiger charge is 2.46. The molecule has 4 amide bonds. The molecule has 144 heavy (non-hydrogen) atoms. The molecular formula is C107H197BrN10O21Si5. The predicted molar refractivity (Wildman–Crippen MR) is 601 cm³/mol. The highest BCUT2D eigenvalue weighted by atomic mass is 79.9. The number of ether oxygens (including phenoxy) is 1. The van der Waals surface area contributed by atoms with Crippen molar-refractivity contribution < 1.29 is 95.1 Å². The van der Waals surface area contributed by atoms with E-state index in [9.17, 15) is 34.5 Å². The van der Waals surface area contributed by atoms with Crippen LogP contribution in [0.1, 0.15) is 240 Å². The molecule has 0 aromatic carbocycles. The maximum Gasteiger partial charge on any atom is 0.500 e. The standard InChI is InChI=1S/C34H76N2O14Si4.C22H36N2O2.C18H32N2.C18H24N2.C6H8N2.C3H5Br.C3H10O3Si.C3H6O2/c1-31(37)35-29-33(19-15-25-51(39-3,40-4)41-5,20-16-26-52(42-6,43-7)44-8)23-24-34(30-36-32(2)38,21-17-27-53(45-9,46-10)47-11)22-18-28-54(48-12,49-13)50-14;1-7-11-21(12-8-2,17-23-19(5)25)15-16-22(13-9-3,14-10-4)18-24-20(6)26;2*1-5-9-17(15-19,10-6-2)13-14-18(16-20,11-7-3)12-8-4;7-5-3-1-2-4-6-8;1-2-3-4;1-4-7(5-2)6-3;1-3(4)5-2/h15-30H2,1-14H3,(H,35,37)(H,36,38);7-10H,1-4,11-18H2,5-6H3,(H,23,25)(H,24,26);5-8H,1-4,9-16,19-20H2;5-8H,1-4,9-14H2;1-4H2;2H,1,3H2;7H,1-3H3;1-2H3. The van der Waals surface area contributed by atoms with E-state index >= 15 is 0 Å². The zero-order valence-corrected chi connectivity index (χ0v) is 99.8. The van der Waals surface area contributed by atoms with Gasteiger partial charge in [0.2, 0.25) is 23.6 Å². The lowest BCUT2D eigenvalue weighted by Crippen LogP contribution is -2.45. The fourth-order valence-corrected chi connectivity index (χ4v) is 24.3. The molecule has 0 saturated carbocycles. The minimum Gasteiger partial charge on any atom is -0.469 e. The molecule has 8 N–H and O–H groups in total.